The molecule has 6 heteroatoms. The van der Waals surface area contributed by atoms with Gasteiger partial charge in [-0.2, -0.15) is 0 Å². The van der Waals surface area contributed by atoms with Crippen molar-refractivity contribution in [2.75, 3.05) is 6.61 Å². The van der Waals surface area contributed by atoms with Gasteiger partial charge in [0.2, 0.25) is 6.23 Å². The van der Waals surface area contributed by atoms with E-state index in [1.165, 1.54) is 0 Å². The molecule has 2 aromatic heterocycles. The van der Waals surface area contributed by atoms with Crippen LogP contribution in [0, 0.1) is 0 Å². The SMILES string of the molecule is CCOC(=O)C1=NOC(n2cccc2-c2cccs2)C1. The fraction of sp³-hybridized carbons (Fsp3) is 0.286. The molecule has 0 amide bonds. The fourth-order valence-electron chi connectivity index (χ4n) is 2.13. The lowest BCUT2D eigenvalue weighted by Gasteiger charge is -2.13. The summed E-state index contributed by atoms with van der Waals surface area (Å²) in [6.07, 6.45) is 2.07. The average molecular weight is 290 g/mol. The van der Waals surface area contributed by atoms with Gasteiger partial charge in [-0.25, -0.2) is 4.79 Å². The highest BCUT2D eigenvalue weighted by atomic mass is 32.1. The normalized spacial score (nSPS) is 17.6. The van der Waals surface area contributed by atoms with Gasteiger partial charge in [0.1, 0.15) is 0 Å². The quantitative estimate of drug-likeness (QED) is 0.813. The van der Waals surface area contributed by atoms with E-state index >= 15 is 0 Å². The zero-order valence-electron chi connectivity index (χ0n) is 11.0. The summed E-state index contributed by atoms with van der Waals surface area (Å²) in [6.45, 7) is 2.11. The van der Waals surface area contributed by atoms with Gasteiger partial charge >= 0.3 is 5.97 Å². The van der Waals surface area contributed by atoms with Crippen molar-refractivity contribution < 1.29 is 14.4 Å². The fourth-order valence-corrected chi connectivity index (χ4v) is 2.88. The Morgan fingerprint density at radius 1 is 1.55 bits per heavy atom. The molecule has 20 heavy (non-hydrogen) atoms. The molecule has 0 radical (unpaired) electrons. The van der Waals surface area contributed by atoms with Crippen LogP contribution < -0.4 is 0 Å². The van der Waals surface area contributed by atoms with Crippen molar-refractivity contribution in [2.45, 2.75) is 19.6 Å². The Balaban J connectivity index is 1.77. The van der Waals surface area contributed by atoms with Crippen LogP contribution in [0.15, 0.2) is 41.0 Å². The molecule has 0 fully saturated rings. The van der Waals surface area contributed by atoms with Crippen LogP contribution in [0.4, 0.5) is 0 Å². The molecule has 3 heterocycles. The maximum absolute atomic E-state index is 11.6. The van der Waals surface area contributed by atoms with E-state index in [2.05, 4.69) is 11.2 Å². The number of aromatic nitrogens is 1. The summed E-state index contributed by atoms with van der Waals surface area (Å²) in [4.78, 5) is 18.2. The molecule has 1 atom stereocenters. The van der Waals surface area contributed by atoms with Gasteiger partial charge in [-0.05, 0) is 30.5 Å². The van der Waals surface area contributed by atoms with Crippen molar-refractivity contribution in [1.29, 1.82) is 0 Å². The van der Waals surface area contributed by atoms with Crippen molar-refractivity contribution in [1.82, 2.24) is 4.57 Å². The highest BCUT2D eigenvalue weighted by molar-refractivity contribution is 7.13. The third kappa shape index (κ3) is 2.34. The molecular weight excluding hydrogens is 276 g/mol. The number of carbonyl (C=O) groups is 1. The Morgan fingerprint density at radius 2 is 2.45 bits per heavy atom. The largest absolute Gasteiger partial charge is 0.461 e. The molecule has 3 rings (SSSR count). The Bertz CT molecular complexity index is 631. The van der Waals surface area contributed by atoms with E-state index in [4.69, 9.17) is 9.57 Å². The first-order valence-corrected chi connectivity index (χ1v) is 7.28. The molecule has 104 valence electrons. The highest BCUT2D eigenvalue weighted by Gasteiger charge is 2.29. The van der Waals surface area contributed by atoms with E-state index in [1.807, 2.05) is 34.3 Å². The maximum atomic E-state index is 11.6. The number of thiophene rings is 1. The molecule has 1 unspecified atom stereocenters. The van der Waals surface area contributed by atoms with Gasteiger partial charge in [0.15, 0.2) is 5.71 Å². The van der Waals surface area contributed by atoms with Crippen molar-refractivity contribution >= 4 is 23.0 Å². The molecule has 1 aliphatic rings. The van der Waals surface area contributed by atoms with E-state index in [-0.39, 0.29) is 6.23 Å². The van der Waals surface area contributed by atoms with Gasteiger partial charge in [0.25, 0.3) is 0 Å². The Kier molecular flexibility index (Phi) is 3.56. The standard InChI is InChI=1S/C14H14N2O3S/c1-2-18-14(17)10-9-13(19-15-10)16-7-3-5-11(16)12-6-4-8-20-12/h3-8,13H,2,9H2,1H3. The molecular formula is C14H14N2O3S. The molecule has 0 spiro atoms. The lowest BCUT2D eigenvalue weighted by Crippen LogP contribution is -2.17. The topological polar surface area (TPSA) is 52.8 Å². The van der Waals surface area contributed by atoms with Crippen LogP contribution in [-0.2, 0) is 14.4 Å². The van der Waals surface area contributed by atoms with Gasteiger partial charge in [0.05, 0.1) is 23.6 Å². The first-order chi connectivity index (χ1) is 9.79. The zero-order chi connectivity index (χ0) is 13.9. The average Bonchev–Trinajstić information content (AvgIpc) is 3.19. The van der Waals surface area contributed by atoms with E-state index in [0.717, 1.165) is 10.6 Å². The molecule has 0 saturated carbocycles. The van der Waals surface area contributed by atoms with Crippen molar-refractivity contribution in [3.63, 3.8) is 0 Å². The Morgan fingerprint density at radius 3 is 3.20 bits per heavy atom. The summed E-state index contributed by atoms with van der Waals surface area (Å²) in [6, 6.07) is 8.05. The maximum Gasteiger partial charge on any atom is 0.356 e. The molecule has 0 bridgehead atoms. The number of carbonyl (C=O) groups excluding carboxylic acids is 1. The van der Waals surface area contributed by atoms with Crippen molar-refractivity contribution in [3.05, 3.63) is 35.8 Å². The van der Waals surface area contributed by atoms with E-state index in [9.17, 15) is 4.79 Å². The minimum atomic E-state index is -0.403. The van der Waals surface area contributed by atoms with Crippen LogP contribution in [0.25, 0.3) is 10.6 Å². The second kappa shape index (κ2) is 5.50. The molecule has 0 aromatic carbocycles. The third-order valence-electron chi connectivity index (χ3n) is 3.03. The summed E-state index contributed by atoms with van der Waals surface area (Å²) in [7, 11) is 0. The molecule has 0 N–H and O–H groups in total. The lowest BCUT2D eigenvalue weighted by molar-refractivity contribution is -0.135. The minimum Gasteiger partial charge on any atom is -0.461 e. The molecule has 2 aromatic rings. The Labute approximate surface area is 120 Å². The summed E-state index contributed by atoms with van der Waals surface area (Å²) < 4.78 is 6.92. The van der Waals surface area contributed by atoms with Crippen LogP contribution in [0.3, 0.4) is 0 Å². The first kappa shape index (κ1) is 12.9. The van der Waals surface area contributed by atoms with Crippen LogP contribution >= 0.6 is 11.3 Å². The number of rotatable bonds is 4. The molecule has 5 nitrogen and oxygen atoms in total. The van der Waals surface area contributed by atoms with E-state index < -0.39 is 5.97 Å². The lowest BCUT2D eigenvalue weighted by atomic mass is 10.2. The van der Waals surface area contributed by atoms with Gasteiger partial charge < -0.3 is 14.1 Å². The van der Waals surface area contributed by atoms with Crippen LogP contribution in [0.5, 0.6) is 0 Å². The summed E-state index contributed by atoms with van der Waals surface area (Å²) in [5, 5.41) is 5.87. The van der Waals surface area contributed by atoms with Crippen LogP contribution in [0.2, 0.25) is 0 Å². The number of esters is 1. The van der Waals surface area contributed by atoms with Gasteiger partial charge in [-0.3, -0.25) is 0 Å². The number of oxime groups is 1. The van der Waals surface area contributed by atoms with Crippen molar-refractivity contribution in [2.24, 2.45) is 5.16 Å². The van der Waals surface area contributed by atoms with Crippen LogP contribution in [0.1, 0.15) is 19.6 Å². The first-order valence-electron chi connectivity index (χ1n) is 6.40. The molecule has 0 aliphatic carbocycles. The Hall–Kier alpha value is -2.08. The highest BCUT2D eigenvalue weighted by Crippen LogP contribution is 2.31. The zero-order valence-corrected chi connectivity index (χ0v) is 11.8. The minimum absolute atomic E-state index is 0.290. The number of nitrogens with zero attached hydrogens (tertiary/aromatic N) is 2. The smallest absolute Gasteiger partial charge is 0.356 e. The van der Waals surface area contributed by atoms with Gasteiger partial charge in [-0.15, -0.1) is 11.3 Å². The van der Waals surface area contributed by atoms with Gasteiger partial charge in [-0.1, -0.05) is 11.2 Å². The number of hydrogen-bond acceptors (Lipinski definition) is 5. The molecule has 1 aliphatic heterocycles. The summed E-state index contributed by atoms with van der Waals surface area (Å²) in [5.41, 5.74) is 1.40. The number of ether oxygens (including phenoxy) is 1. The second-order valence-electron chi connectivity index (χ2n) is 4.30. The van der Waals surface area contributed by atoms with Crippen molar-refractivity contribution in [3.8, 4) is 10.6 Å². The predicted molar refractivity (Wildman–Crippen MR) is 76.6 cm³/mol. The predicted octanol–water partition coefficient (Wildman–Crippen LogP) is 3.05. The van der Waals surface area contributed by atoms with Crippen LogP contribution in [-0.4, -0.2) is 22.9 Å². The second-order valence-corrected chi connectivity index (χ2v) is 5.25. The van der Waals surface area contributed by atoms with E-state index in [1.54, 1.807) is 18.3 Å². The molecule has 0 saturated heterocycles. The summed E-state index contributed by atoms with van der Waals surface area (Å²) in [5.74, 6) is -0.403. The monoisotopic (exact) mass is 290 g/mol. The van der Waals surface area contributed by atoms with Gasteiger partial charge in [0, 0.05) is 6.20 Å². The van der Waals surface area contributed by atoms with E-state index in [0.29, 0.717) is 18.7 Å². The summed E-state index contributed by atoms with van der Waals surface area (Å²) >= 11 is 1.66. The third-order valence-corrected chi connectivity index (χ3v) is 3.92. The number of hydrogen-bond donors (Lipinski definition) is 0.